The summed E-state index contributed by atoms with van der Waals surface area (Å²) in [6.45, 7) is 5.80. The third kappa shape index (κ3) is 4.92. The molecule has 3 fully saturated rings. The maximum Gasteiger partial charge on any atom is 0.225 e. The molecule has 158 valence electrons. The second-order valence-corrected chi connectivity index (χ2v) is 8.82. The van der Waals surface area contributed by atoms with E-state index in [9.17, 15) is 9.59 Å². The summed E-state index contributed by atoms with van der Waals surface area (Å²) in [6.07, 6.45) is 5.47. The number of likely N-dealkylation sites (tertiary alicyclic amines) is 2. The highest BCUT2D eigenvalue weighted by Gasteiger charge is 2.39. The molecule has 0 atom stereocenters. The van der Waals surface area contributed by atoms with Crippen LogP contribution in [0.4, 0.5) is 0 Å². The van der Waals surface area contributed by atoms with E-state index in [0.717, 1.165) is 57.6 Å². The van der Waals surface area contributed by atoms with Gasteiger partial charge in [-0.1, -0.05) is 18.2 Å². The quantitative estimate of drug-likeness (QED) is 0.825. The number of hydrogen-bond acceptors (Lipinski definition) is 4. The molecule has 1 aromatic rings. The van der Waals surface area contributed by atoms with Crippen LogP contribution in [0.1, 0.15) is 38.5 Å². The average molecular weight is 400 g/mol. The predicted molar refractivity (Wildman–Crippen MR) is 112 cm³/mol. The normalized spacial score (nSPS) is 22.1. The van der Waals surface area contributed by atoms with Crippen LogP contribution in [0.5, 0.6) is 5.75 Å². The molecule has 4 rings (SSSR count). The Labute approximate surface area is 173 Å². The number of carbonyl (C=O) groups is 2. The van der Waals surface area contributed by atoms with E-state index >= 15 is 0 Å². The van der Waals surface area contributed by atoms with E-state index in [0.29, 0.717) is 37.4 Å². The van der Waals surface area contributed by atoms with Crippen molar-refractivity contribution in [3.05, 3.63) is 30.3 Å². The number of nitrogens with zero attached hydrogens (tertiary/aromatic N) is 2. The minimum absolute atomic E-state index is 0.0790. The van der Waals surface area contributed by atoms with Crippen molar-refractivity contribution in [2.24, 2.45) is 11.3 Å². The van der Waals surface area contributed by atoms with Crippen LogP contribution >= 0.6 is 0 Å². The number of piperidine rings is 2. The molecule has 1 aromatic carbocycles. The number of rotatable bonds is 5. The first kappa shape index (κ1) is 20.2. The van der Waals surface area contributed by atoms with Gasteiger partial charge in [0.05, 0.1) is 13.0 Å². The van der Waals surface area contributed by atoms with Gasteiger partial charge in [-0.25, -0.2) is 0 Å². The Balaban J connectivity index is 1.17. The Morgan fingerprint density at radius 2 is 1.72 bits per heavy atom. The lowest BCUT2D eigenvalue weighted by Crippen LogP contribution is -2.48. The summed E-state index contributed by atoms with van der Waals surface area (Å²) < 4.78 is 5.63. The van der Waals surface area contributed by atoms with Gasteiger partial charge in [0.15, 0.2) is 0 Å². The van der Waals surface area contributed by atoms with E-state index in [1.807, 2.05) is 35.2 Å². The van der Waals surface area contributed by atoms with Crippen LogP contribution in [-0.4, -0.2) is 67.5 Å². The van der Waals surface area contributed by atoms with Crippen LogP contribution in [0.3, 0.4) is 0 Å². The summed E-state index contributed by atoms with van der Waals surface area (Å²) in [6, 6.07) is 9.58. The number of amides is 2. The molecule has 1 spiro atoms. The van der Waals surface area contributed by atoms with E-state index in [1.165, 1.54) is 6.42 Å². The van der Waals surface area contributed by atoms with Gasteiger partial charge >= 0.3 is 0 Å². The van der Waals surface area contributed by atoms with Gasteiger partial charge in [-0.05, 0) is 56.2 Å². The van der Waals surface area contributed by atoms with E-state index in [4.69, 9.17) is 4.74 Å². The van der Waals surface area contributed by atoms with Crippen molar-refractivity contribution in [2.75, 3.05) is 45.9 Å². The molecule has 3 aliphatic rings. The number of carbonyl (C=O) groups excluding carboxylic acids is 2. The molecule has 0 saturated carbocycles. The molecule has 1 N–H and O–H groups in total. The van der Waals surface area contributed by atoms with Crippen molar-refractivity contribution in [1.29, 1.82) is 0 Å². The molecule has 6 heteroatoms. The lowest BCUT2D eigenvalue weighted by Gasteiger charge is -2.41. The number of nitrogens with one attached hydrogen (secondary N) is 1. The zero-order chi connectivity index (χ0) is 20.1. The van der Waals surface area contributed by atoms with Crippen LogP contribution in [0, 0.1) is 11.3 Å². The van der Waals surface area contributed by atoms with E-state index in [-0.39, 0.29) is 11.8 Å². The molecule has 0 radical (unpaired) electrons. The van der Waals surface area contributed by atoms with Crippen molar-refractivity contribution >= 4 is 11.8 Å². The van der Waals surface area contributed by atoms with Gasteiger partial charge < -0.3 is 19.9 Å². The smallest absolute Gasteiger partial charge is 0.225 e. The molecule has 0 aliphatic carbocycles. The fourth-order valence-corrected chi connectivity index (χ4v) is 4.99. The van der Waals surface area contributed by atoms with Gasteiger partial charge in [0.25, 0.3) is 0 Å². The van der Waals surface area contributed by atoms with Crippen molar-refractivity contribution in [3.63, 3.8) is 0 Å². The van der Waals surface area contributed by atoms with Crippen LogP contribution < -0.4 is 10.1 Å². The highest BCUT2D eigenvalue weighted by atomic mass is 16.5. The average Bonchev–Trinajstić information content (AvgIpc) is 3.22. The van der Waals surface area contributed by atoms with E-state index < -0.39 is 0 Å². The third-order valence-corrected chi connectivity index (χ3v) is 6.99. The minimum Gasteiger partial charge on any atom is -0.493 e. The molecule has 2 amide bonds. The van der Waals surface area contributed by atoms with Gasteiger partial charge in [-0.15, -0.1) is 0 Å². The Morgan fingerprint density at radius 3 is 2.38 bits per heavy atom. The third-order valence-electron chi connectivity index (χ3n) is 6.99. The molecule has 3 aliphatic heterocycles. The van der Waals surface area contributed by atoms with Crippen molar-refractivity contribution in [1.82, 2.24) is 15.1 Å². The lowest BCUT2D eigenvalue weighted by atomic mass is 9.77. The Bertz CT molecular complexity index is 685. The maximum absolute atomic E-state index is 12.9. The number of ether oxygens (including phenoxy) is 1. The summed E-state index contributed by atoms with van der Waals surface area (Å²) in [7, 11) is 0. The highest BCUT2D eigenvalue weighted by molar-refractivity contribution is 5.80. The van der Waals surface area contributed by atoms with Gasteiger partial charge in [-0.3, -0.25) is 9.59 Å². The molecule has 29 heavy (non-hydrogen) atoms. The first-order valence-corrected chi connectivity index (χ1v) is 11.1. The van der Waals surface area contributed by atoms with Crippen LogP contribution in [0.15, 0.2) is 30.3 Å². The van der Waals surface area contributed by atoms with Crippen molar-refractivity contribution < 1.29 is 14.3 Å². The molecular weight excluding hydrogens is 366 g/mol. The molecule has 0 aromatic heterocycles. The molecule has 3 saturated heterocycles. The summed E-state index contributed by atoms with van der Waals surface area (Å²) in [5.74, 6) is 1.31. The van der Waals surface area contributed by atoms with Crippen LogP contribution in [0.2, 0.25) is 0 Å². The Hall–Kier alpha value is -2.08. The lowest BCUT2D eigenvalue weighted by molar-refractivity contribution is -0.142. The monoisotopic (exact) mass is 399 g/mol. The molecular formula is C23H33N3O3. The number of hydrogen-bond donors (Lipinski definition) is 1. The second kappa shape index (κ2) is 9.16. The first-order valence-electron chi connectivity index (χ1n) is 11.1. The summed E-state index contributed by atoms with van der Waals surface area (Å²) in [5, 5.41) is 3.48. The molecule has 6 nitrogen and oxygen atoms in total. The van der Waals surface area contributed by atoms with Crippen molar-refractivity contribution in [2.45, 2.75) is 38.5 Å². The summed E-state index contributed by atoms with van der Waals surface area (Å²) in [5.41, 5.74) is 0.439. The Morgan fingerprint density at radius 1 is 1.00 bits per heavy atom. The largest absolute Gasteiger partial charge is 0.493 e. The molecule has 3 heterocycles. The fourth-order valence-electron chi connectivity index (χ4n) is 4.99. The first-order chi connectivity index (χ1) is 14.2. The van der Waals surface area contributed by atoms with Gasteiger partial charge in [0, 0.05) is 38.6 Å². The van der Waals surface area contributed by atoms with Gasteiger partial charge in [0.1, 0.15) is 5.75 Å². The maximum atomic E-state index is 12.9. The topological polar surface area (TPSA) is 61.9 Å². The standard InChI is InChI=1S/C23H33N3O3/c27-21(8-17-29-20-4-2-1-3-5-20)25-13-6-19(7-14-25)22(28)26-15-10-23(11-16-26)9-12-24-18-23/h1-5,19,24H,6-18H2. The molecule has 0 bridgehead atoms. The molecule has 0 unspecified atom stereocenters. The summed E-state index contributed by atoms with van der Waals surface area (Å²) in [4.78, 5) is 29.4. The predicted octanol–water partition coefficient (Wildman–Crippen LogP) is 2.30. The number of para-hydroxylation sites is 1. The second-order valence-electron chi connectivity index (χ2n) is 8.82. The fraction of sp³-hybridized carbons (Fsp3) is 0.652. The SMILES string of the molecule is O=C(CCOc1ccccc1)N1CCC(C(=O)N2CCC3(CCNC3)CC2)CC1. The Kier molecular flexibility index (Phi) is 6.38. The van der Waals surface area contributed by atoms with E-state index in [2.05, 4.69) is 10.2 Å². The summed E-state index contributed by atoms with van der Waals surface area (Å²) >= 11 is 0. The van der Waals surface area contributed by atoms with Crippen LogP contribution in [-0.2, 0) is 9.59 Å². The van der Waals surface area contributed by atoms with Crippen molar-refractivity contribution in [3.8, 4) is 5.75 Å². The minimum atomic E-state index is 0.0790. The highest BCUT2D eigenvalue weighted by Crippen LogP contribution is 2.37. The zero-order valence-electron chi connectivity index (χ0n) is 17.3. The van der Waals surface area contributed by atoms with Gasteiger partial charge in [0.2, 0.25) is 11.8 Å². The zero-order valence-corrected chi connectivity index (χ0v) is 17.3. The van der Waals surface area contributed by atoms with E-state index in [1.54, 1.807) is 0 Å². The number of benzene rings is 1. The van der Waals surface area contributed by atoms with Gasteiger partial charge in [-0.2, -0.15) is 0 Å². The van der Waals surface area contributed by atoms with Crippen LogP contribution in [0.25, 0.3) is 0 Å².